The number of benzene rings is 1. The maximum absolute atomic E-state index is 11.1. The van der Waals surface area contributed by atoms with Crippen LogP contribution < -0.4 is 5.43 Å². The third-order valence-electron chi connectivity index (χ3n) is 3.04. The van der Waals surface area contributed by atoms with E-state index in [1.54, 1.807) is 6.07 Å². The number of nitrogens with zero attached hydrogens (tertiary/aromatic N) is 1. The van der Waals surface area contributed by atoms with E-state index in [1.807, 2.05) is 19.1 Å². The number of anilines is 1. The third kappa shape index (κ3) is 2.97. The fraction of sp³-hybridized carbons (Fsp3) is 0.462. The molecule has 0 spiro atoms. The Morgan fingerprint density at radius 2 is 2.00 bits per heavy atom. The zero-order valence-electron chi connectivity index (χ0n) is 10.1. The lowest BCUT2D eigenvalue weighted by Gasteiger charge is -2.28. The molecule has 0 amide bonds. The lowest BCUT2D eigenvalue weighted by molar-refractivity contribution is 0.0697. The summed E-state index contributed by atoms with van der Waals surface area (Å²) in [5.41, 5.74) is 5.32. The van der Waals surface area contributed by atoms with Crippen molar-refractivity contribution in [1.29, 1.82) is 0 Å². The largest absolute Gasteiger partial charge is 0.478 e. The summed E-state index contributed by atoms with van der Waals surface area (Å²) in [5.74, 6) is -0.885. The first kappa shape index (κ1) is 11.9. The molecule has 1 aromatic carbocycles. The van der Waals surface area contributed by atoms with Crippen molar-refractivity contribution in [1.82, 2.24) is 5.01 Å². The number of rotatable bonds is 3. The van der Waals surface area contributed by atoms with Crippen molar-refractivity contribution in [3.05, 3.63) is 29.3 Å². The molecule has 0 bridgehead atoms. The molecule has 1 aromatic rings. The fourth-order valence-electron chi connectivity index (χ4n) is 2.11. The van der Waals surface area contributed by atoms with E-state index < -0.39 is 5.97 Å². The molecule has 0 radical (unpaired) electrons. The number of nitrogens with one attached hydrogen (secondary N) is 1. The van der Waals surface area contributed by atoms with Gasteiger partial charge in [-0.1, -0.05) is 12.5 Å². The van der Waals surface area contributed by atoms with E-state index in [4.69, 9.17) is 5.11 Å². The van der Waals surface area contributed by atoms with Crippen LogP contribution in [0.25, 0.3) is 0 Å². The van der Waals surface area contributed by atoms with Gasteiger partial charge in [0, 0.05) is 13.1 Å². The van der Waals surface area contributed by atoms with E-state index in [0.717, 1.165) is 18.7 Å². The minimum Gasteiger partial charge on any atom is -0.478 e. The molecule has 2 N–H and O–H groups in total. The minimum absolute atomic E-state index is 0.334. The van der Waals surface area contributed by atoms with Crippen LogP contribution in [-0.2, 0) is 0 Å². The first-order valence-electron chi connectivity index (χ1n) is 6.02. The predicted octanol–water partition coefficient (Wildman–Crippen LogP) is 2.51. The summed E-state index contributed by atoms with van der Waals surface area (Å²) in [7, 11) is 0. The highest BCUT2D eigenvalue weighted by Gasteiger charge is 2.14. The van der Waals surface area contributed by atoms with Gasteiger partial charge in [0.25, 0.3) is 0 Å². The molecule has 0 aromatic heterocycles. The Labute approximate surface area is 101 Å². The molecule has 0 saturated carbocycles. The van der Waals surface area contributed by atoms with Gasteiger partial charge < -0.3 is 10.5 Å². The third-order valence-corrected chi connectivity index (χ3v) is 3.04. The van der Waals surface area contributed by atoms with Crippen LogP contribution in [0.1, 0.15) is 35.2 Å². The quantitative estimate of drug-likeness (QED) is 0.843. The molecular weight excluding hydrogens is 216 g/mol. The second-order valence-electron chi connectivity index (χ2n) is 4.51. The van der Waals surface area contributed by atoms with Gasteiger partial charge in [-0.05, 0) is 37.5 Å². The van der Waals surface area contributed by atoms with Crippen LogP contribution in [0.4, 0.5) is 5.69 Å². The van der Waals surface area contributed by atoms with E-state index in [2.05, 4.69) is 10.4 Å². The average Bonchev–Trinajstić information content (AvgIpc) is 2.30. The van der Waals surface area contributed by atoms with Crippen molar-refractivity contribution in [3.8, 4) is 0 Å². The van der Waals surface area contributed by atoms with Gasteiger partial charge in [-0.3, -0.25) is 0 Å². The Morgan fingerprint density at radius 3 is 2.65 bits per heavy atom. The van der Waals surface area contributed by atoms with Crippen LogP contribution in [-0.4, -0.2) is 29.2 Å². The summed E-state index contributed by atoms with van der Waals surface area (Å²) in [4.78, 5) is 11.1. The lowest BCUT2D eigenvalue weighted by Crippen LogP contribution is -2.35. The number of hydrazine groups is 1. The summed E-state index contributed by atoms with van der Waals surface area (Å²) in [6.07, 6.45) is 3.60. The molecule has 2 rings (SSSR count). The van der Waals surface area contributed by atoms with Crippen LogP contribution >= 0.6 is 0 Å². The van der Waals surface area contributed by atoms with Crippen molar-refractivity contribution in [2.45, 2.75) is 26.2 Å². The number of hydrogen-bond donors (Lipinski definition) is 2. The summed E-state index contributed by atoms with van der Waals surface area (Å²) in [6.45, 7) is 3.92. The average molecular weight is 234 g/mol. The number of carboxylic acids is 1. The van der Waals surface area contributed by atoms with Crippen molar-refractivity contribution >= 4 is 11.7 Å². The number of aryl methyl sites for hydroxylation is 1. The SMILES string of the molecule is Cc1ccc(C(=O)O)c(NN2CCCCC2)c1. The highest BCUT2D eigenvalue weighted by molar-refractivity contribution is 5.94. The zero-order valence-corrected chi connectivity index (χ0v) is 10.1. The van der Waals surface area contributed by atoms with E-state index in [1.165, 1.54) is 19.3 Å². The number of carbonyl (C=O) groups is 1. The Bertz CT molecular complexity index is 412. The molecule has 1 saturated heterocycles. The van der Waals surface area contributed by atoms with Gasteiger partial charge in [-0.2, -0.15) is 0 Å². The summed E-state index contributed by atoms with van der Waals surface area (Å²) < 4.78 is 0. The van der Waals surface area contributed by atoms with Crippen LogP contribution in [0, 0.1) is 6.92 Å². The Balaban J connectivity index is 2.17. The normalized spacial score (nSPS) is 16.8. The van der Waals surface area contributed by atoms with Crippen molar-refractivity contribution < 1.29 is 9.90 Å². The number of aromatic carboxylic acids is 1. The van der Waals surface area contributed by atoms with Crippen LogP contribution in [0.3, 0.4) is 0 Å². The number of hydrogen-bond acceptors (Lipinski definition) is 3. The first-order valence-corrected chi connectivity index (χ1v) is 6.02. The van der Waals surface area contributed by atoms with Crippen molar-refractivity contribution in [2.75, 3.05) is 18.5 Å². The molecule has 17 heavy (non-hydrogen) atoms. The predicted molar refractivity (Wildman–Crippen MR) is 67.2 cm³/mol. The second-order valence-corrected chi connectivity index (χ2v) is 4.51. The highest BCUT2D eigenvalue weighted by atomic mass is 16.4. The molecule has 1 heterocycles. The molecule has 4 nitrogen and oxygen atoms in total. The summed E-state index contributed by atoms with van der Waals surface area (Å²) in [6, 6.07) is 5.37. The zero-order chi connectivity index (χ0) is 12.3. The Hall–Kier alpha value is -1.55. The smallest absolute Gasteiger partial charge is 0.337 e. The number of piperidine rings is 1. The van der Waals surface area contributed by atoms with E-state index in [9.17, 15) is 4.79 Å². The first-order chi connectivity index (χ1) is 8.16. The maximum Gasteiger partial charge on any atom is 0.337 e. The minimum atomic E-state index is -0.885. The fourth-order valence-corrected chi connectivity index (χ4v) is 2.11. The number of carboxylic acid groups (broad SMARTS) is 1. The molecule has 92 valence electrons. The van der Waals surface area contributed by atoms with Gasteiger partial charge in [0.2, 0.25) is 0 Å². The lowest BCUT2D eigenvalue weighted by atomic mass is 10.1. The van der Waals surface area contributed by atoms with E-state index >= 15 is 0 Å². The van der Waals surface area contributed by atoms with Gasteiger partial charge in [0.15, 0.2) is 0 Å². The molecule has 4 heteroatoms. The maximum atomic E-state index is 11.1. The van der Waals surface area contributed by atoms with Crippen LogP contribution in [0.15, 0.2) is 18.2 Å². The van der Waals surface area contributed by atoms with Gasteiger partial charge in [0.05, 0.1) is 11.3 Å². The Morgan fingerprint density at radius 1 is 1.29 bits per heavy atom. The molecule has 1 aliphatic heterocycles. The Kier molecular flexibility index (Phi) is 3.64. The van der Waals surface area contributed by atoms with Crippen molar-refractivity contribution in [3.63, 3.8) is 0 Å². The van der Waals surface area contributed by atoms with Crippen LogP contribution in [0.5, 0.6) is 0 Å². The highest BCUT2D eigenvalue weighted by Crippen LogP contribution is 2.20. The van der Waals surface area contributed by atoms with Gasteiger partial charge in [0.1, 0.15) is 0 Å². The summed E-state index contributed by atoms with van der Waals surface area (Å²) >= 11 is 0. The molecule has 1 fully saturated rings. The second kappa shape index (κ2) is 5.19. The van der Waals surface area contributed by atoms with E-state index in [-0.39, 0.29) is 0 Å². The van der Waals surface area contributed by atoms with Crippen LogP contribution in [0.2, 0.25) is 0 Å². The topological polar surface area (TPSA) is 52.6 Å². The monoisotopic (exact) mass is 234 g/mol. The molecule has 1 aliphatic rings. The van der Waals surface area contributed by atoms with Gasteiger partial charge in [-0.25, -0.2) is 9.80 Å². The van der Waals surface area contributed by atoms with Gasteiger partial charge in [-0.15, -0.1) is 0 Å². The molecule has 0 unspecified atom stereocenters. The molecular formula is C13H18N2O2. The summed E-state index contributed by atoms with van der Waals surface area (Å²) in [5, 5.41) is 11.2. The molecule has 0 aliphatic carbocycles. The standard InChI is InChI=1S/C13H18N2O2/c1-10-5-6-11(13(16)17)12(9-10)14-15-7-3-2-4-8-15/h5-6,9,14H,2-4,7-8H2,1H3,(H,16,17). The van der Waals surface area contributed by atoms with E-state index in [0.29, 0.717) is 11.3 Å². The van der Waals surface area contributed by atoms with Gasteiger partial charge >= 0.3 is 5.97 Å². The van der Waals surface area contributed by atoms with Crippen molar-refractivity contribution in [2.24, 2.45) is 0 Å². The molecule has 0 atom stereocenters.